The number of amides is 1. The molecule has 1 aromatic heterocycles. The number of carbonyl (C=O) groups is 1. The molecule has 2 aliphatic rings. The molecule has 1 aliphatic heterocycles. The molecule has 1 aliphatic carbocycles. The highest BCUT2D eigenvalue weighted by Crippen LogP contribution is 2.38. The third-order valence-corrected chi connectivity index (χ3v) is 4.09. The van der Waals surface area contributed by atoms with E-state index in [2.05, 4.69) is 15.7 Å². The van der Waals surface area contributed by atoms with E-state index in [1.165, 1.54) is 12.1 Å². The third kappa shape index (κ3) is 2.85. The van der Waals surface area contributed by atoms with Gasteiger partial charge in [0.05, 0.1) is 6.20 Å². The average molecular weight is 364 g/mol. The highest BCUT2D eigenvalue weighted by atomic mass is 19.3. The van der Waals surface area contributed by atoms with Gasteiger partial charge in [0.2, 0.25) is 0 Å². The highest BCUT2D eigenvalue weighted by Gasteiger charge is 2.30. The SMILES string of the molecule is O=C(Nc1ccc(F)c(F)c1)c1cnn2c1NC(=C1CC1)C=C2C(F)F. The van der Waals surface area contributed by atoms with Gasteiger partial charge in [0, 0.05) is 17.5 Å². The molecule has 9 heteroatoms. The van der Waals surface area contributed by atoms with Gasteiger partial charge >= 0.3 is 0 Å². The highest BCUT2D eigenvalue weighted by molar-refractivity contribution is 6.08. The van der Waals surface area contributed by atoms with Crippen molar-refractivity contribution in [3.8, 4) is 0 Å². The summed E-state index contributed by atoms with van der Waals surface area (Å²) in [6.07, 6.45) is 1.31. The van der Waals surface area contributed by atoms with Gasteiger partial charge in [0.25, 0.3) is 12.3 Å². The van der Waals surface area contributed by atoms with E-state index >= 15 is 0 Å². The summed E-state index contributed by atoms with van der Waals surface area (Å²) >= 11 is 0. The Morgan fingerprint density at radius 3 is 2.65 bits per heavy atom. The first-order chi connectivity index (χ1) is 12.4. The van der Waals surface area contributed by atoms with Gasteiger partial charge in [-0.25, -0.2) is 22.2 Å². The molecular formula is C17H12F4N4O. The molecule has 26 heavy (non-hydrogen) atoms. The fourth-order valence-corrected chi connectivity index (χ4v) is 2.65. The number of hydrogen-bond acceptors (Lipinski definition) is 3. The van der Waals surface area contributed by atoms with Gasteiger partial charge in [-0.2, -0.15) is 5.10 Å². The molecule has 0 spiro atoms. The molecule has 1 aromatic carbocycles. The van der Waals surface area contributed by atoms with Crippen molar-refractivity contribution in [2.24, 2.45) is 0 Å². The van der Waals surface area contributed by atoms with Crippen molar-refractivity contribution in [1.29, 1.82) is 0 Å². The molecule has 0 unspecified atom stereocenters. The summed E-state index contributed by atoms with van der Waals surface area (Å²) in [4.78, 5) is 12.5. The van der Waals surface area contributed by atoms with Crippen LogP contribution in [-0.2, 0) is 0 Å². The molecule has 1 fully saturated rings. The van der Waals surface area contributed by atoms with Crippen molar-refractivity contribution in [2.45, 2.75) is 19.3 Å². The second-order valence-electron chi connectivity index (χ2n) is 5.91. The predicted molar refractivity (Wildman–Crippen MR) is 86.7 cm³/mol. The molecule has 0 radical (unpaired) electrons. The lowest BCUT2D eigenvalue weighted by Crippen LogP contribution is -2.20. The quantitative estimate of drug-likeness (QED) is 0.810. The normalized spacial score (nSPS) is 15.5. The summed E-state index contributed by atoms with van der Waals surface area (Å²) in [6.45, 7) is 0. The predicted octanol–water partition coefficient (Wildman–Crippen LogP) is 3.99. The molecule has 0 atom stereocenters. The Bertz CT molecular complexity index is 971. The molecular weight excluding hydrogens is 352 g/mol. The zero-order valence-corrected chi connectivity index (χ0v) is 13.2. The van der Waals surface area contributed by atoms with Gasteiger partial charge in [-0.1, -0.05) is 0 Å². The minimum atomic E-state index is -2.77. The van der Waals surface area contributed by atoms with Gasteiger partial charge in [0.15, 0.2) is 11.6 Å². The largest absolute Gasteiger partial charge is 0.339 e. The van der Waals surface area contributed by atoms with E-state index in [0.29, 0.717) is 5.70 Å². The standard InChI is InChI=1S/C17H12F4N4O/c18-11-4-3-9(5-12(11)19)23-17(26)10-7-22-25-14(15(20)21)6-13(8-1-2-8)24-16(10)25/h3-7,15,24H,1-2H2,(H,23,26). The summed E-state index contributed by atoms with van der Waals surface area (Å²) in [5, 5.41) is 9.22. The number of anilines is 2. The van der Waals surface area contributed by atoms with Gasteiger partial charge in [0.1, 0.15) is 17.1 Å². The number of benzene rings is 1. The summed E-state index contributed by atoms with van der Waals surface area (Å²) in [5.74, 6) is -2.72. The fraction of sp³-hybridized carbons (Fsp3) is 0.176. The van der Waals surface area contributed by atoms with Crippen molar-refractivity contribution in [1.82, 2.24) is 9.78 Å². The van der Waals surface area contributed by atoms with Crippen molar-refractivity contribution in [2.75, 3.05) is 10.6 Å². The number of nitrogens with one attached hydrogen (secondary N) is 2. The Morgan fingerprint density at radius 1 is 1.23 bits per heavy atom. The number of rotatable bonds is 3. The summed E-state index contributed by atoms with van der Waals surface area (Å²) < 4.78 is 53.9. The van der Waals surface area contributed by atoms with Gasteiger partial charge in [-0.05, 0) is 36.6 Å². The minimum Gasteiger partial charge on any atom is -0.339 e. The molecule has 1 saturated carbocycles. The van der Waals surface area contributed by atoms with Crippen molar-refractivity contribution in [3.05, 3.63) is 58.9 Å². The maximum atomic E-state index is 13.3. The zero-order chi connectivity index (χ0) is 18.4. The summed E-state index contributed by atoms with van der Waals surface area (Å²) in [6, 6.07) is 2.91. The Morgan fingerprint density at radius 2 is 2.00 bits per heavy atom. The van der Waals surface area contributed by atoms with Gasteiger partial charge in [-0.3, -0.25) is 4.79 Å². The fourth-order valence-electron chi connectivity index (χ4n) is 2.65. The van der Waals surface area contributed by atoms with E-state index in [4.69, 9.17) is 0 Å². The first kappa shape index (κ1) is 16.4. The molecule has 2 heterocycles. The van der Waals surface area contributed by atoms with Gasteiger partial charge in [-0.15, -0.1) is 0 Å². The Hall–Kier alpha value is -3.10. The number of alkyl halides is 2. The monoisotopic (exact) mass is 364 g/mol. The van der Waals surface area contributed by atoms with Crippen LogP contribution in [0.5, 0.6) is 0 Å². The van der Waals surface area contributed by atoms with E-state index < -0.39 is 24.0 Å². The first-order valence-corrected chi connectivity index (χ1v) is 7.77. The van der Waals surface area contributed by atoms with E-state index in [1.54, 1.807) is 0 Å². The van der Waals surface area contributed by atoms with Crippen LogP contribution in [0.4, 0.5) is 29.1 Å². The first-order valence-electron chi connectivity index (χ1n) is 7.77. The number of halogens is 4. The smallest absolute Gasteiger partial charge is 0.280 e. The Balaban J connectivity index is 1.67. The number of nitrogens with zero attached hydrogens (tertiary/aromatic N) is 2. The Kier molecular flexibility index (Phi) is 3.78. The number of fused-ring (bicyclic) bond motifs is 1. The lowest BCUT2D eigenvalue weighted by atomic mass is 10.2. The number of hydrogen-bond donors (Lipinski definition) is 2. The van der Waals surface area contributed by atoms with E-state index in [-0.39, 0.29) is 22.8 Å². The van der Waals surface area contributed by atoms with Gasteiger partial charge < -0.3 is 10.6 Å². The van der Waals surface area contributed by atoms with Crippen LogP contribution >= 0.6 is 0 Å². The van der Waals surface area contributed by atoms with Crippen LogP contribution < -0.4 is 10.6 Å². The molecule has 4 rings (SSSR count). The average Bonchev–Trinajstić information content (AvgIpc) is 3.36. The van der Waals surface area contributed by atoms with Crippen molar-refractivity contribution >= 4 is 23.1 Å². The lowest BCUT2D eigenvalue weighted by Gasteiger charge is -2.20. The summed E-state index contributed by atoms with van der Waals surface area (Å²) in [7, 11) is 0. The second-order valence-corrected chi connectivity index (χ2v) is 5.91. The summed E-state index contributed by atoms with van der Waals surface area (Å²) in [5.41, 5.74) is 1.24. The van der Waals surface area contributed by atoms with Crippen LogP contribution in [0.2, 0.25) is 0 Å². The van der Waals surface area contributed by atoms with Crippen LogP contribution in [0, 0.1) is 11.6 Å². The van der Waals surface area contributed by atoms with E-state index in [1.807, 2.05) is 0 Å². The Labute approximate surface area is 145 Å². The molecule has 1 amide bonds. The molecule has 134 valence electrons. The van der Waals surface area contributed by atoms with Crippen molar-refractivity contribution in [3.63, 3.8) is 0 Å². The van der Waals surface area contributed by atoms with E-state index in [9.17, 15) is 22.4 Å². The minimum absolute atomic E-state index is 0.0136. The molecule has 0 bridgehead atoms. The van der Waals surface area contributed by atoms with E-state index in [0.717, 1.165) is 41.4 Å². The molecule has 2 N–H and O–H groups in total. The number of allylic oxidation sites excluding steroid dienone is 3. The van der Waals surface area contributed by atoms with Crippen LogP contribution in [0.3, 0.4) is 0 Å². The zero-order valence-electron chi connectivity index (χ0n) is 13.2. The number of aromatic nitrogens is 2. The molecule has 5 nitrogen and oxygen atoms in total. The van der Waals surface area contributed by atoms with Crippen LogP contribution in [-0.4, -0.2) is 22.1 Å². The second kappa shape index (κ2) is 6.01. The molecule has 0 saturated heterocycles. The van der Waals surface area contributed by atoms with Crippen molar-refractivity contribution < 1.29 is 22.4 Å². The van der Waals surface area contributed by atoms with Crippen LogP contribution in [0.25, 0.3) is 5.70 Å². The third-order valence-electron chi connectivity index (χ3n) is 4.09. The van der Waals surface area contributed by atoms with Crippen LogP contribution in [0.1, 0.15) is 23.2 Å². The maximum Gasteiger partial charge on any atom is 0.280 e. The topological polar surface area (TPSA) is 59.0 Å². The number of carbonyl (C=O) groups excluding carboxylic acids is 1. The maximum absolute atomic E-state index is 13.3. The lowest BCUT2D eigenvalue weighted by molar-refractivity contribution is 0.102. The molecule has 2 aromatic rings. The van der Waals surface area contributed by atoms with Crippen LogP contribution in [0.15, 0.2) is 41.7 Å².